The Labute approximate surface area is 168 Å². The van der Waals surface area contributed by atoms with Crippen molar-refractivity contribution in [2.75, 3.05) is 24.2 Å². The Kier molecular flexibility index (Phi) is 5.18. The Morgan fingerprint density at radius 3 is 2.76 bits per heavy atom. The van der Waals surface area contributed by atoms with E-state index in [4.69, 9.17) is 0 Å². The average Bonchev–Trinajstić information content (AvgIpc) is 3.34. The number of nitrogens with zero attached hydrogens (tertiary/aromatic N) is 5. The molecule has 1 aliphatic heterocycles. The highest BCUT2D eigenvalue weighted by Crippen LogP contribution is 2.18. The topological polar surface area (TPSA) is 110 Å². The monoisotopic (exact) mass is 414 g/mol. The van der Waals surface area contributed by atoms with Crippen LogP contribution >= 0.6 is 0 Å². The van der Waals surface area contributed by atoms with E-state index in [1.807, 2.05) is 12.1 Å². The molecule has 1 saturated heterocycles. The number of carbonyl (C=O) groups is 1. The summed E-state index contributed by atoms with van der Waals surface area (Å²) < 4.78 is 24.6. The molecule has 1 aromatic carbocycles. The lowest BCUT2D eigenvalue weighted by atomic mass is 10.1. The van der Waals surface area contributed by atoms with E-state index in [2.05, 4.69) is 25.5 Å². The fourth-order valence-corrected chi connectivity index (χ4v) is 4.06. The number of fused-ring (bicyclic) bond motifs is 1. The predicted molar refractivity (Wildman–Crippen MR) is 107 cm³/mol. The van der Waals surface area contributed by atoms with Crippen molar-refractivity contribution >= 4 is 27.2 Å². The molecule has 9 nitrogen and oxygen atoms in total. The lowest BCUT2D eigenvalue weighted by Gasteiger charge is -2.17. The van der Waals surface area contributed by atoms with Gasteiger partial charge < -0.3 is 10.2 Å². The molecule has 3 aromatic rings. The van der Waals surface area contributed by atoms with Crippen molar-refractivity contribution in [2.45, 2.75) is 30.2 Å². The number of amides is 1. The Morgan fingerprint density at radius 1 is 1.21 bits per heavy atom. The Bertz CT molecular complexity index is 1130. The van der Waals surface area contributed by atoms with E-state index in [0.29, 0.717) is 25.0 Å². The molecule has 0 spiro atoms. The molecule has 0 bridgehead atoms. The second-order valence-electron chi connectivity index (χ2n) is 7.24. The fraction of sp³-hybridized carbons (Fsp3) is 0.368. The minimum Gasteiger partial charge on any atom is -0.353 e. The highest BCUT2D eigenvalue weighted by atomic mass is 32.2. The largest absolute Gasteiger partial charge is 0.353 e. The van der Waals surface area contributed by atoms with Crippen LogP contribution in [0.1, 0.15) is 18.4 Å². The van der Waals surface area contributed by atoms with E-state index in [9.17, 15) is 13.2 Å². The summed E-state index contributed by atoms with van der Waals surface area (Å²) in [5.41, 5.74) is 1.63. The van der Waals surface area contributed by atoms with Gasteiger partial charge in [0.05, 0.1) is 4.90 Å². The Balaban J connectivity index is 1.28. The number of benzene rings is 1. The molecule has 1 amide bonds. The summed E-state index contributed by atoms with van der Waals surface area (Å²) in [6, 6.07) is 10.5. The number of sulfone groups is 1. The van der Waals surface area contributed by atoms with E-state index >= 15 is 0 Å². The molecule has 0 saturated carbocycles. The van der Waals surface area contributed by atoms with Crippen molar-refractivity contribution < 1.29 is 13.2 Å². The quantitative estimate of drug-likeness (QED) is 0.637. The van der Waals surface area contributed by atoms with Gasteiger partial charge in [0.2, 0.25) is 5.91 Å². The van der Waals surface area contributed by atoms with E-state index in [1.165, 1.54) is 6.26 Å². The molecule has 1 fully saturated rings. The first-order chi connectivity index (χ1) is 13.9. The molecule has 0 radical (unpaired) electrons. The third kappa shape index (κ3) is 4.53. The molecule has 1 N–H and O–H groups in total. The van der Waals surface area contributed by atoms with Crippen LogP contribution in [-0.4, -0.2) is 59.5 Å². The molecule has 0 aliphatic carbocycles. The minimum absolute atomic E-state index is 0.00809. The molecule has 3 heterocycles. The summed E-state index contributed by atoms with van der Waals surface area (Å²) in [6.07, 6.45) is 4.53. The van der Waals surface area contributed by atoms with E-state index in [1.54, 1.807) is 35.1 Å². The maximum atomic E-state index is 12.3. The molecule has 1 aliphatic rings. The van der Waals surface area contributed by atoms with Gasteiger partial charge >= 0.3 is 0 Å². The van der Waals surface area contributed by atoms with Crippen LogP contribution in [0.25, 0.3) is 5.65 Å². The molecule has 2 aromatic heterocycles. The van der Waals surface area contributed by atoms with Crippen LogP contribution in [0, 0.1) is 0 Å². The molecule has 4 rings (SSSR count). The van der Waals surface area contributed by atoms with Crippen molar-refractivity contribution in [2.24, 2.45) is 0 Å². The summed E-state index contributed by atoms with van der Waals surface area (Å²) >= 11 is 0. The van der Waals surface area contributed by atoms with E-state index in [-0.39, 0.29) is 16.8 Å². The van der Waals surface area contributed by atoms with Gasteiger partial charge in [-0.3, -0.25) is 4.79 Å². The lowest BCUT2D eigenvalue weighted by molar-refractivity contribution is -0.121. The smallest absolute Gasteiger partial charge is 0.220 e. The van der Waals surface area contributed by atoms with Gasteiger partial charge in [-0.05, 0) is 42.7 Å². The van der Waals surface area contributed by atoms with Gasteiger partial charge in [-0.15, -0.1) is 15.3 Å². The first-order valence-corrected chi connectivity index (χ1v) is 11.3. The van der Waals surface area contributed by atoms with Gasteiger partial charge in [0, 0.05) is 31.8 Å². The number of hydrogen-bond acceptors (Lipinski definition) is 7. The van der Waals surface area contributed by atoms with E-state index < -0.39 is 9.84 Å². The standard InChI is InChI=1S/C19H22N6O3S/c1-29(27,28)16-5-2-14(3-6-16)4-9-19(26)21-15-10-11-24(12-15)18-8-7-17-22-20-13-25(17)23-18/h2-3,5-8,13,15H,4,9-12H2,1H3,(H,21,26)/t15-/m0/s1. The summed E-state index contributed by atoms with van der Waals surface area (Å²) in [5.74, 6) is 0.825. The maximum Gasteiger partial charge on any atom is 0.220 e. The average molecular weight is 414 g/mol. The second-order valence-corrected chi connectivity index (χ2v) is 9.26. The molecule has 10 heteroatoms. The van der Waals surface area contributed by atoms with Gasteiger partial charge in [0.25, 0.3) is 0 Å². The zero-order chi connectivity index (χ0) is 20.4. The van der Waals surface area contributed by atoms with Crippen LogP contribution in [0.15, 0.2) is 47.6 Å². The minimum atomic E-state index is -3.20. The van der Waals surface area contributed by atoms with Gasteiger partial charge in [-0.25, -0.2) is 8.42 Å². The van der Waals surface area contributed by atoms with Crippen LogP contribution in [0.3, 0.4) is 0 Å². The molecule has 0 unspecified atom stereocenters. The fourth-order valence-electron chi connectivity index (χ4n) is 3.43. The van der Waals surface area contributed by atoms with Gasteiger partial charge in [0.1, 0.15) is 12.1 Å². The first kappa shape index (κ1) is 19.3. The number of hydrogen-bond donors (Lipinski definition) is 1. The van der Waals surface area contributed by atoms with Crippen molar-refractivity contribution in [1.29, 1.82) is 0 Å². The third-order valence-corrected chi connectivity index (χ3v) is 6.15. The number of rotatable bonds is 6. The number of aromatic nitrogens is 4. The highest BCUT2D eigenvalue weighted by Gasteiger charge is 2.25. The predicted octanol–water partition coefficient (Wildman–Crippen LogP) is 0.855. The lowest BCUT2D eigenvalue weighted by Crippen LogP contribution is -2.37. The maximum absolute atomic E-state index is 12.3. The van der Waals surface area contributed by atoms with Gasteiger partial charge in [0.15, 0.2) is 15.5 Å². The van der Waals surface area contributed by atoms with Crippen LogP contribution in [0.2, 0.25) is 0 Å². The summed E-state index contributed by atoms with van der Waals surface area (Å²) in [4.78, 5) is 14.7. The van der Waals surface area contributed by atoms with E-state index in [0.717, 1.165) is 24.3 Å². The molecule has 29 heavy (non-hydrogen) atoms. The third-order valence-electron chi connectivity index (χ3n) is 5.02. The van der Waals surface area contributed by atoms with Crippen LogP contribution in [-0.2, 0) is 21.1 Å². The molecular weight excluding hydrogens is 392 g/mol. The first-order valence-electron chi connectivity index (χ1n) is 9.39. The number of anilines is 1. The SMILES string of the molecule is CS(=O)(=O)c1ccc(CCC(=O)N[C@H]2CCN(c3ccc4nncn4n3)C2)cc1. The Hall–Kier alpha value is -3.01. The van der Waals surface area contributed by atoms with Crippen molar-refractivity contribution in [3.63, 3.8) is 0 Å². The number of aryl methyl sites for hydroxylation is 1. The van der Waals surface area contributed by atoms with Crippen LogP contribution in [0.5, 0.6) is 0 Å². The Morgan fingerprint density at radius 2 is 2.00 bits per heavy atom. The molecule has 1 atom stereocenters. The molecule has 152 valence electrons. The molecular formula is C19H22N6O3S. The summed E-state index contributed by atoms with van der Waals surface area (Å²) in [7, 11) is -3.20. The van der Waals surface area contributed by atoms with Gasteiger partial charge in [-0.2, -0.15) is 4.52 Å². The van der Waals surface area contributed by atoms with Crippen molar-refractivity contribution in [3.8, 4) is 0 Å². The zero-order valence-corrected chi connectivity index (χ0v) is 16.8. The summed E-state index contributed by atoms with van der Waals surface area (Å²) in [5, 5.41) is 15.4. The van der Waals surface area contributed by atoms with Gasteiger partial charge in [-0.1, -0.05) is 12.1 Å². The van der Waals surface area contributed by atoms with Crippen molar-refractivity contribution in [3.05, 3.63) is 48.3 Å². The summed E-state index contributed by atoms with van der Waals surface area (Å²) in [6.45, 7) is 1.52. The number of carbonyl (C=O) groups excluding carboxylic acids is 1. The van der Waals surface area contributed by atoms with Crippen molar-refractivity contribution in [1.82, 2.24) is 25.1 Å². The van der Waals surface area contributed by atoms with Crippen LogP contribution < -0.4 is 10.2 Å². The highest BCUT2D eigenvalue weighted by molar-refractivity contribution is 7.90. The normalized spacial score (nSPS) is 17.0. The zero-order valence-electron chi connectivity index (χ0n) is 16.0. The second kappa shape index (κ2) is 7.78. The van der Waals surface area contributed by atoms with Crippen LogP contribution in [0.4, 0.5) is 5.82 Å². The number of nitrogens with one attached hydrogen (secondary N) is 1.